The molecular formula is C50H92N2O6P+. The monoisotopic (exact) mass is 848 g/mol. The maximum atomic E-state index is 12.8. The van der Waals surface area contributed by atoms with Gasteiger partial charge in [0.15, 0.2) is 0 Å². The van der Waals surface area contributed by atoms with Gasteiger partial charge in [-0.15, -0.1) is 0 Å². The average molecular weight is 848 g/mol. The molecule has 0 rings (SSSR count). The number of allylic oxidation sites excluding steroid dienone is 11. The van der Waals surface area contributed by atoms with E-state index in [-0.39, 0.29) is 19.1 Å². The van der Waals surface area contributed by atoms with Crippen molar-refractivity contribution in [3.05, 3.63) is 72.9 Å². The third-order valence-corrected chi connectivity index (χ3v) is 11.2. The highest BCUT2D eigenvalue weighted by molar-refractivity contribution is 7.47. The zero-order valence-corrected chi connectivity index (χ0v) is 39.6. The highest BCUT2D eigenvalue weighted by Crippen LogP contribution is 2.43. The fraction of sp³-hybridized carbons (Fsp3) is 0.740. The largest absolute Gasteiger partial charge is 0.472 e. The Hall–Kier alpha value is -2.06. The predicted molar refractivity (Wildman–Crippen MR) is 253 cm³/mol. The standard InChI is InChI=1S/C50H91N2O6P/c1-6-8-10-12-14-15-16-17-18-19-20-21-22-23-24-25-26-27-28-29-30-31-32-33-34-35-36-37-38-40-42-44-50(54)51-48(49(53)43-41-39-13-11-9-7-2)47-58-59(55,56)57-46-45-52(3,4)5/h8,10,14-15,17-18,20-21,23-24,41,43,48-49,53H,6-7,9,11-13,16,19,22,25-40,42,44-47H2,1-5H3,(H-,51,54,55,56)/p+1/b10-8-,15-14-,18-17-,21-20-,24-23-,43-41+. The Morgan fingerprint density at radius 3 is 1.49 bits per heavy atom. The second kappa shape index (κ2) is 41.3. The number of aliphatic hydroxyl groups excluding tert-OH is 1. The molecule has 0 saturated heterocycles. The van der Waals surface area contributed by atoms with Crippen molar-refractivity contribution in [3.63, 3.8) is 0 Å². The van der Waals surface area contributed by atoms with Crippen molar-refractivity contribution in [2.75, 3.05) is 40.9 Å². The fourth-order valence-electron chi connectivity index (χ4n) is 6.42. The molecule has 0 bridgehead atoms. The van der Waals surface area contributed by atoms with E-state index in [0.29, 0.717) is 17.4 Å². The molecule has 3 atom stereocenters. The first kappa shape index (κ1) is 56.9. The van der Waals surface area contributed by atoms with Crippen LogP contribution in [0.3, 0.4) is 0 Å². The number of nitrogens with zero attached hydrogens (tertiary/aromatic N) is 1. The van der Waals surface area contributed by atoms with E-state index in [0.717, 1.165) is 77.0 Å². The molecule has 8 nitrogen and oxygen atoms in total. The molecule has 9 heteroatoms. The minimum atomic E-state index is -4.33. The van der Waals surface area contributed by atoms with Crippen LogP contribution >= 0.6 is 7.82 Å². The van der Waals surface area contributed by atoms with Crippen LogP contribution in [0.5, 0.6) is 0 Å². The maximum Gasteiger partial charge on any atom is 0.472 e. The molecule has 0 aliphatic carbocycles. The number of aliphatic hydroxyl groups is 1. The number of carbonyl (C=O) groups is 1. The number of nitrogens with one attached hydrogen (secondary N) is 1. The van der Waals surface area contributed by atoms with E-state index in [1.165, 1.54) is 89.9 Å². The molecule has 342 valence electrons. The normalized spacial score (nSPS) is 14.9. The molecule has 3 unspecified atom stereocenters. The summed E-state index contributed by atoms with van der Waals surface area (Å²) >= 11 is 0. The van der Waals surface area contributed by atoms with Crippen molar-refractivity contribution >= 4 is 13.7 Å². The van der Waals surface area contributed by atoms with Crippen LogP contribution in [0.4, 0.5) is 0 Å². The van der Waals surface area contributed by atoms with Crippen molar-refractivity contribution in [3.8, 4) is 0 Å². The summed E-state index contributed by atoms with van der Waals surface area (Å²) in [6, 6.07) is -0.845. The number of phosphoric ester groups is 1. The van der Waals surface area contributed by atoms with E-state index >= 15 is 0 Å². The first-order valence-electron chi connectivity index (χ1n) is 23.8. The van der Waals surface area contributed by atoms with E-state index in [1.54, 1.807) is 6.08 Å². The van der Waals surface area contributed by atoms with Crippen LogP contribution in [0.15, 0.2) is 72.9 Å². The van der Waals surface area contributed by atoms with Crippen LogP contribution in [-0.2, 0) is 18.4 Å². The van der Waals surface area contributed by atoms with E-state index in [1.807, 2.05) is 27.2 Å². The topological polar surface area (TPSA) is 105 Å². The number of amides is 1. The molecule has 0 heterocycles. The number of phosphoric acid groups is 1. The van der Waals surface area contributed by atoms with Crippen LogP contribution in [0, 0.1) is 0 Å². The summed E-state index contributed by atoms with van der Waals surface area (Å²) in [4.78, 5) is 23.0. The second-order valence-corrected chi connectivity index (χ2v) is 18.6. The molecular weight excluding hydrogens is 756 g/mol. The van der Waals surface area contributed by atoms with Gasteiger partial charge in [-0.3, -0.25) is 13.8 Å². The number of quaternary nitrogens is 1. The quantitative estimate of drug-likeness (QED) is 0.0245. The van der Waals surface area contributed by atoms with Gasteiger partial charge in [0.05, 0.1) is 39.9 Å². The summed E-state index contributed by atoms with van der Waals surface area (Å²) < 4.78 is 23.4. The fourth-order valence-corrected chi connectivity index (χ4v) is 7.16. The smallest absolute Gasteiger partial charge is 0.387 e. The van der Waals surface area contributed by atoms with Crippen LogP contribution in [0.25, 0.3) is 0 Å². The lowest BCUT2D eigenvalue weighted by Gasteiger charge is -2.25. The van der Waals surface area contributed by atoms with Crippen LogP contribution in [0.1, 0.15) is 187 Å². The minimum absolute atomic E-state index is 0.0587. The maximum absolute atomic E-state index is 12.8. The van der Waals surface area contributed by atoms with Crippen molar-refractivity contribution < 1.29 is 32.9 Å². The van der Waals surface area contributed by atoms with Crippen molar-refractivity contribution in [1.29, 1.82) is 0 Å². The molecule has 0 radical (unpaired) electrons. The van der Waals surface area contributed by atoms with E-state index in [2.05, 4.69) is 79.9 Å². The van der Waals surface area contributed by atoms with E-state index in [9.17, 15) is 19.4 Å². The lowest BCUT2D eigenvalue weighted by molar-refractivity contribution is -0.870. The lowest BCUT2D eigenvalue weighted by Crippen LogP contribution is -2.45. The van der Waals surface area contributed by atoms with Gasteiger partial charge in [0.2, 0.25) is 5.91 Å². The molecule has 3 N–H and O–H groups in total. The van der Waals surface area contributed by atoms with Gasteiger partial charge in [0, 0.05) is 6.42 Å². The summed E-state index contributed by atoms with van der Waals surface area (Å²) in [6.07, 6.45) is 55.9. The Balaban J connectivity index is 3.95. The van der Waals surface area contributed by atoms with Gasteiger partial charge in [0.25, 0.3) is 0 Å². The lowest BCUT2D eigenvalue weighted by atomic mass is 10.0. The third-order valence-electron chi connectivity index (χ3n) is 10.2. The number of likely N-dealkylation sites (N-methyl/N-ethyl adjacent to an activating group) is 1. The number of hydrogen-bond acceptors (Lipinski definition) is 5. The zero-order chi connectivity index (χ0) is 43.6. The predicted octanol–water partition coefficient (Wildman–Crippen LogP) is 13.6. The summed E-state index contributed by atoms with van der Waals surface area (Å²) in [6.45, 7) is 4.60. The Morgan fingerprint density at radius 2 is 1.02 bits per heavy atom. The number of carbonyl (C=O) groups excluding carboxylic acids is 1. The molecule has 59 heavy (non-hydrogen) atoms. The first-order valence-corrected chi connectivity index (χ1v) is 25.3. The third kappa shape index (κ3) is 43.8. The molecule has 0 aliphatic heterocycles. The Kier molecular flexibility index (Phi) is 39.9. The molecule has 0 aromatic carbocycles. The Bertz CT molecular complexity index is 1190. The van der Waals surface area contributed by atoms with E-state index in [4.69, 9.17) is 9.05 Å². The van der Waals surface area contributed by atoms with Crippen LogP contribution < -0.4 is 5.32 Å². The summed E-state index contributed by atoms with van der Waals surface area (Å²) in [5.74, 6) is -0.186. The molecule has 0 aromatic heterocycles. The van der Waals surface area contributed by atoms with Crippen molar-refractivity contribution in [1.82, 2.24) is 5.32 Å². The molecule has 0 spiro atoms. The number of hydrogen-bond donors (Lipinski definition) is 3. The Morgan fingerprint density at radius 1 is 0.593 bits per heavy atom. The van der Waals surface area contributed by atoms with Crippen LogP contribution in [0.2, 0.25) is 0 Å². The molecule has 0 fully saturated rings. The molecule has 0 aliphatic rings. The zero-order valence-electron chi connectivity index (χ0n) is 38.7. The summed E-state index contributed by atoms with van der Waals surface area (Å²) in [7, 11) is 1.56. The summed E-state index contributed by atoms with van der Waals surface area (Å²) in [5, 5.41) is 13.7. The first-order chi connectivity index (χ1) is 28.5. The Labute approximate surface area is 364 Å². The highest BCUT2D eigenvalue weighted by atomic mass is 31.2. The van der Waals surface area contributed by atoms with Gasteiger partial charge in [-0.2, -0.15) is 0 Å². The van der Waals surface area contributed by atoms with Crippen LogP contribution in [-0.4, -0.2) is 73.4 Å². The van der Waals surface area contributed by atoms with Gasteiger partial charge in [-0.1, -0.05) is 189 Å². The van der Waals surface area contributed by atoms with Gasteiger partial charge >= 0.3 is 7.82 Å². The number of rotatable bonds is 42. The molecule has 0 aromatic rings. The SMILES string of the molecule is CC/C=C\C/C=C\C/C=C\C/C=C\C/C=C\CCCCCCCCCCCCCCCCCC(=O)NC(COP(=O)(O)OCC[N+](C)(C)C)C(O)/C=C/CCCCCC. The highest BCUT2D eigenvalue weighted by Gasteiger charge is 2.27. The summed E-state index contributed by atoms with van der Waals surface area (Å²) in [5.41, 5.74) is 0. The molecule has 1 amide bonds. The second-order valence-electron chi connectivity index (χ2n) is 17.1. The molecule has 0 saturated carbocycles. The van der Waals surface area contributed by atoms with Gasteiger partial charge in [0.1, 0.15) is 13.2 Å². The van der Waals surface area contributed by atoms with Gasteiger partial charge in [-0.25, -0.2) is 4.57 Å². The number of unbranched alkanes of at least 4 members (excludes halogenated alkanes) is 19. The van der Waals surface area contributed by atoms with Crippen molar-refractivity contribution in [2.45, 2.75) is 199 Å². The van der Waals surface area contributed by atoms with E-state index < -0.39 is 20.0 Å². The van der Waals surface area contributed by atoms with Crippen molar-refractivity contribution in [2.24, 2.45) is 0 Å². The minimum Gasteiger partial charge on any atom is -0.387 e. The average Bonchev–Trinajstić information content (AvgIpc) is 3.19. The van der Waals surface area contributed by atoms with Gasteiger partial charge < -0.3 is 19.8 Å². The van der Waals surface area contributed by atoms with Gasteiger partial charge in [-0.05, 0) is 64.2 Å².